The lowest BCUT2D eigenvalue weighted by Crippen LogP contribution is -2.46. The van der Waals surface area contributed by atoms with Gasteiger partial charge >= 0.3 is 0 Å². The third-order valence-corrected chi connectivity index (χ3v) is 6.70. The molecule has 5 rings (SSSR count). The second kappa shape index (κ2) is 11.0. The molecule has 3 N–H and O–H groups in total. The fourth-order valence-corrected chi connectivity index (χ4v) is 4.87. The molecule has 0 bridgehead atoms. The van der Waals surface area contributed by atoms with Gasteiger partial charge in [-0.15, -0.1) is 0 Å². The van der Waals surface area contributed by atoms with Crippen molar-refractivity contribution >= 4 is 39.9 Å². The summed E-state index contributed by atoms with van der Waals surface area (Å²) in [4.78, 5) is 12.5. The van der Waals surface area contributed by atoms with E-state index in [2.05, 4.69) is 28.1 Å². The molecular weight excluding hydrogens is 474 g/mol. The number of anilines is 2. The molecule has 1 aliphatic heterocycles. The summed E-state index contributed by atoms with van der Waals surface area (Å²) in [6, 6.07) is 21.7. The van der Waals surface area contributed by atoms with Crippen LogP contribution in [0.2, 0.25) is 5.02 Å². The molecule has 2 heterocycles. The number of fused-ring (bicyclic) bond motifs is 1. The van der Waals surface area contributed by atoms with Crippen molar-refractivity contribution in [3.05, 3.63) is 82.9 Å². The lowest BCUT2D eigenvalue weighted by atomic mass is 10.0. The largest absolute Gasteiger partial charge is 0.496 e. The van der Waals surface area contributed by atoms with Crippen molar-refractivity contribution in [3.63, 3.8) is 0 Å². The van der Waals surface area contributed by atoms with E-state index in [1.165, 1.54) is 0 Å². The standard InChI is InChI=1S/C28H30ClN5O2/c1-36-25-13-6-12-24-26(25)27(32-22-10-5-9-21(29)16-22)33-34(24)18-20-8-4-7-19(15-20)17-31-28(35)23-11-2-3-14-30-23/h4-10,12-13,15-16,23,30H,2-3,11,14,17-18H2,1H3,(H,31,35)(H,32,33). The van der Waals surface area contributed by atoms with Gasteiger partial charge in [0.1, 0.15) is 5.75 Å². The third-order valence-electron chi connectivity index (χ3n) is 6.46. The van der Waals surface area contributed by atoms with Gasteiger partial charge in [0, 0.05) is 17.3 Å². The molecule has 1 saturated heterocycles. The maximum Gasteiger partial charge on any atom is 0.237 e. The Bertz CT molecular complexity index is 1360. The van der Waals surface area contributed by atoms with Gasteiger partial charge in [-0.3, -0.25) is 9.48 Å². The van der Waals surface area contributed by atoms with E-state index in [1.807, 2.05) is 59.3 Å². The maximum absolute atomic E-state index is 12.5. The topological polar surface area (TPSA) is 80.2 Å². The third kappa shape index (κ3) is 5.48. The first-order valence-corrected chi connectivity index (χ1v) is 12.6. The van der Waals surface area contributed by atoms with Gasteiger partial charge in [0.15, 0.2) is 5.82 Å². The average molecular weight is 504 g/mol. The van der Waals surface area contributed by atoms with Crippen LogP contribution in [0.3, 0.4) is 0 Å². The molecule has 36 heavy (non-hydrogen) atoms. The minimum absolute atomic E-state index is 0.0713. The fraction of sp³-hybridized carbons (Fsp3) is 0.286. The van der Waals surface area contributed by atoms with E-state index in [0.29, 0.717) is 23.9 Å². The number of nitrogens with one attached hydrogen (secondary N) is 3. The number of amides is 1. The fourth-order valence-electron chi connectivity index (χ4n) is 4.68. The van der Waals surface area contributed by atoms with Gasteiger partial charge in [-0.2, -0.15) is 5.10 Å². The van der Waals surface area contributed by atoms with Crippen molar-refractivity contribution < 1.29 is 9.53 Å². The Kier molecular flexibility index (Phi) is 7.39. The first-order chi connectivity index (χ1) is 17.6. The zero-order valence-electron chi connectivity index (χ0n) is 20.3. The van der Waals surface area contributed by atoms with E-state index in [9.17, 15) is 4.79 Å². The summed E-state index contributed by atoms with van der Waals surface area (Å²) in [5, 5.41) is 16.2. The number of carbonyl (C=O) groups is 1. The Hall–Kier alpha value is -3.55. The SMILES string of the molecule is COc1cccc2c1c(Nc1cccc(Cl)c1)nn2Cc1cccc(CNC(=O)C2CCCCN2)c1. The second-order valence-electron chi connectivity index (χ2n) is 9.04. The van der Waals surface area contributed by atoms with Crippen LogP contribution in [0.5, 0.6) is 5.75 Å². The van der Waals surface area contributed by atoms with E-state index < -0.39 is 0 Å². The molecule has 7 nitrogen and oxygen atoms in total. The Morgan fingerprint density at radius 2 is 1.94 bits per heavy atom. The van der Waals surface area contributed by atoms with Crippen molar-refractivity contribution in [1.29, 1.82) is 0 Å². The van der Waals surface area contributed by atoms with E-state index in [-0.39, 0.29) is 11.9 Å². The number of methoxy groups -OCH3 is 1. The van der Waals surface area contributed by atoms with E-state index in [0.717, 1.165) is 59.3 Å². The predicted octanol–water partition coefficient (Wildman–Crippen LogP) is 5.25. The molecule has 3 aromatic carbocycles. The molecule has 186 valence electrons. The molecular formula is C28H30ClN5O2. The van der Waals surface area contributed by atoms with Crippen LogP contribution in [0.15, 0.2) is 66.7 Å². The molecule has 1 fully saturated rings. The molecule has 1 amide bonds. The highest BCUT2D eigenvalue weighted by Gasteiger charge is 2.20. The highest BCUT2D eigenvalue weighted by atomic mass is 35.5. The lowest BCUT2D eigenvalue weighted by Gasteiger charge is -2.22. The molecule has 1 aliphatic rings. The summed E-state index contributed by atoms with van der Waals surface area (Å²) in [6.45, 7) is 1.98. The van der Waals surface area contributed by atoms with Crippen LogP contribution in [0.25, 0.3) is 10.9 Å². The Balaban J connectivity index is 1.37. The smallest absolute Gasteiger partial charge is 0.237 e. The monoisotopic (exact) mass is 503 g/mol. The van der Waals surface area contributed by atoms with Crippen LogP contribution in [0.1, 0.15) is 30.4 Å². The van der Waals surface area contributed by atoms with Crippen LogP contribution >= 0.6 is 11.6 Å². The van der Waals surface area contributed by atoms with Crippen molar-refractivity contribution in [3.8, 4) is 5.75 Å². The van der Waals surface area contributed by atoms with Crippen LogP contribution in [-0.4, -0.2) is 35.4 Å². The number of hydrogen-bond acceptors (Lipinski definition) is 5. The summed E-state index contributed by atoms with van der Waals surface area (Å²) < 4.78 is 7.62. The minimum Gasteiger partial charge on any atom is -0.496 e. The van der Waals surface area contributed by atoms with Crippen molar-refractivity contribution in [2.45, 2.75) is 38.4 Å². The first kappa shape index (κ1) is 24.2. The van der Waals surface area contributed by atoms with Gasteiger partial charge in [0.2, 0.25) is 5.91 Å². The van der Waals surface area contributed by atoms with E-state index in [4.69, 9.17) is 21.4 Å². The van der Waals surface area contributed by atoms with Crippen molar-refractivity contribution in [2.24, 2.45) is 0 Å². The Morgan fingerprint density at radius 1 is 1.11 bits per heavy atom. The van der Waals surface area contributed by atoms with Crippen LogP contribution in [-0.2, 0) is 17.9 Å². The molecule has 0 spiro atoms. The number of piperidine rings is 1. The summed E-state index contributed by atoms with van der Waals surface area (Å²) >= 11 is 6.18. The summed E-state index contributed by atoms with van der Waals surface area (Å²) in [5.41, 5.74) is 3.97. The van der Waals surface area contributed by atoms with Gasteiger partial charge in [-0.1, -0.05) is 54.4 Å². The molecule has 1 atom stereocenters. The normalized spacial score (nSPS) is 15.6. The molecule has 0 saturated carbocycles. The number of carbonyl (C=O) groups excluding carboxylic acids is 1. The number of hydrogen-bond donors (Lipinski definition) is 3. The second-order valence-corrected chi connectivity index (χ2v) is 9.47. The molecule has 1 aromatic heterocycles. The number of halogens is 1. The molecule has 0 radical (unpaired) electrons. The van der Waals surface area contributed by atoms with Gasteiger partial charge in [-0.05, 0) is 60.8 Å². The van der Waals surface area contributed by atoms with Crippen molar-refractivity contribution in [2.75, 3.05) is 19.0 Å². The van der Waals surface area contributed by atoms with E-state index >= 15 is 0 Å². The molecule has 4 aromatic rings. The molecule has 1 unspecified atom stereocenters. The van der Waals surface area contributed by atoms with Crippen LogP contribution in [0.4, 0.5) is 11.5 Å². The van der Waals surface area contributed by atoms with Gasteiger partial charge in [0.25, 0.3) is 0 Å². The highest BCUT2D eigenvalue weighted by Crippen LogP contribution is 2.34. The quantitative estimate of drug-likeness (QED) is 0.306. The van der Waals surface area contributed by atoms with E-state index in [1.54, 1.807) is 7.11 Å². The maximum atomic E-state index is 12.5. The zero-order chi connectivity index (χ0) is 24.9. The van der Waals surface area contributed by atoms with Crippen molar-refractivity contribution in [1.82, 2.24) is 20.4 Å². The molecule has 8 heteroatoms. The van der Waals surface area contributed by atoms with Gasteiger partial charge < -0.3 is 20.7 Å². The van der Waals surface area contributed by atoms with Crippen LogP contribution < -0.4 is 20.7 Å². The van der Waals surface area contributed by atoms with Gasteiger partial charge in [-0.25, -0.2) is 0 Å². The zero-order valence-corrected chi connectivity index (χ0v) is 21.0. The number of ether oxygens (including phenoxy) is 1. The summed E-state index contributed by atoms with van der Waals surface area (Å²) in [6.07, 6.45) is 3.13. The minimum atomic E-state index is -0.0854. The number of rotatable bonds is 8. The lowest BCUT2D eigenvalue weighted by molar-refractivity contribution is -0.123. The Labute approximate surface area is 215 Å². The summed E-state index contributed by atoms with van der Waals surface area (Å²) in [7, 11) is 1.66. The number of aromatic nitrogens is 2. The first-order valence-electron chi connectivity index (χ1n) is 12.3. The number of benzene rings is 3. The summed E-state index contributed by atoms with van der Waals surface area (Å²) in [5.74, 6) is 1.52. The van der Waals surface area contributed by atoms with Crippen LogP contribution in [0, 0.1) is 0 Å². The number of nitrogens with zero attached hydrogens (tertiary/aromatic N) is 2. The average Bonchev–Trinajstić information content (AvgIpc) is 3.25. The predicted molar refractivity (Wildman–Crippen MR) is 144 cm³/mol. The van der Waals surface area contributed by atoms with Gasteiger partial charge in [0.05, 0.1) is 30.6 Å². The Morgan fingerprint density at radius 3 is 2.75 bits per heavy atom. The molecule has 0 aliphatic carbocycles. The highest BCUT2D eigenvalue weighted by molar-refractivity contribution is 6.30.